The standard InChI is InChI=1S/C28H34/c1-3-5-6-8-24-15-19-27(20-16-24)28-21-17-26(18-22-28)14-13-25-11-9-23(7-4-2)10-12-25/h9-12,15-17,19-20,28H,3-8,18,21-22H2,1-2H3. The van der Waals surface area contributed by atoms with E-state index in [4.69, 9.17) is 0 Å². The van der Waals surface area contributed by atoms with Crippen LogP contribution in [0.5, 0.6) is 0 Å². The molecule has 0 heterocycles. The van der Waals surface area contributed by atoms with Crippen molar-refractivity contribution >= 4 is 0 Å². The summed E-state index contributed by atoms with van der Waals surface area (Å²) in [6, 6.07) is 18.1. The number of hydrogen-bond donors (Lipinski definition) is 0. The van der Waals surface area contributed by atoms with E-state index in [0.717, 1.165) is 24.8 Å². The van der Waals surface area contributed by atoms with Gasteiger partial charge in [-0.1, -0.05) is 87.4 Å². The molecule has 0 N–H and O–H groups in total. The zero-order valence-electron chi connectivity index (χ0n) is 17.6. The van der Waals surface area contributed by atoms with Crippen molar-refractivity contribution in [2.45, 2.75) is 77.6 Å². The molecule has 0 amide bonds. The Morgan fingerprint density at radius 2 is 1.50 bits per heavy atom. The molecule has 0 bridgehead atoms. The third kappa shape index (κ3) is 6.13. The zero-order valence-corrected chi connectivity index (χ0v) is 17.6. The van der Waals surface area contributed by atoms with Gasteiger partial charge in [0.05, 0.1) is 0 Å². The SMILES string of the molecule is CCCCCc1ccc(C2CC=C(C#Cc3ccc(CCC)cc3)CC2)cc1. The van der Waals surface area contributed by atoms with Crippen LogP contribution in [0.4, 0.5) is 0 Å². The number of hydrogen-bond acceptors (Lipinski definition) is 0. The topological polar surface area (TPSA) is 0 Å². The van der Waals surface area contributed by atoms with Crippen LogP contribution >= 0.6 is 0 Å². The van der Waals surface area contributed by atoms with Gasteiger partial charge < -0.3 is 0 Å². The van der Waals surface area contributed by atoms with Gasteiger partial charge in [-0.05, 0) is 78.8 Å². The molecule has 0 heteroatoms. The number of rotatable bonds is 7. The monoisotopic (exact) mass is 370 g/mol. The van der Waals surface area contributed by atoms with E-state index in [1.54, 1.807) is 0 Å². The normalized spacial score (nSPS) is 16.2. The van der Waals surface area contributed by atoms with Gasteiger partial charge in [0.2, 0.25) is 0 Å². The summed E-state index contributed by atoms with van der Waals surface area (Å²) in [6.45, 7) is 4.49. The van der Waals surface area contributed by atoms with Crippen molar-refractivity contribution in [1.82, 2.24) is 0 Å². The van der Waals surface area contributed by atoms with E-state index >= 15 is 0 Å². The summed E-state index contributed by atoms with van der Waals surface area (Å²) in [4.78, 5) is 0. The van der Waals surface area contributed by atoms with Crippen LogP contribution in [0.3, 0.4) is 0 Å². The molecule has 0 fully saturated rings. The van der Waals surface area contributed by atoms with Gasteiger partial charge in [-0.2, -0.15) is 0 Å². The smallest absolute Gasteiger partial charge is 0.0249 e. The minimum absolute atomic E-state index is 0.656. The highest BCUT2D eigenvalue weighted by atomic mass is 14.2. The first-order chi connectivity index (χ1) is 13.8. The van der Waals surface area contributed by atoms with Crippen LogP contribution in [0.1, 0.15) is 87.0 Å². The average molecular weight is 371 g/mol. The maximum Gasteiger partial charge on any atom is 0.0249 e. The summed E-state index contributed by atoms with van der Waals surface area (Å²) in [5.74, 6) is 7.42. The van der Waals surface area contributed by atoms with Gasteiger partial charge in [-0.25, -0.2) is 0 Å². The van der Waals surface area contributed by atoms with Gasteiger partial charge in [0, 0.05) is 5.56 Å². The van der Waals surface area contributed by atoms with Crippen molar-refractivity contribution in [2.24, 2.45) is 0 Å². The predicted molar refractivity (Wildman–Crippen MR) is 122 cm³/mol. The third-order valence-corrected chi connectivity index (χ3v) is 5.79. The summed E-state index contributed by atoms with van der Waals surface area (Å²) in [5.41, 5.74) is 6.82. The summed E-state index contributed by atoms with van der Waals surface area (Å²) >= 11 is 0. The molecule has 0 saturated heterocycles. The lowest BCUT2D eigenvalue weighted by atomic mass is 9.84. The zero-order chi connectivity index (χ0) is 19.6. The van der Waals surface area contributed by atoms with Gasteiger partial charge in [-0.15, -0.1) is 0 Å². The first-order valence-corrected chi connectivity index (χ1v) is 11.2. The highest BCUT2D eigenvalue weighted by Crippen LogP contribution is 2.32. The lowest BCUT2D eigenvalue weighted by molar-refractivity contribution is 0.607. The summed E-state index contributed by atoms with van der Waals surface area (Å²) in [5, 5.41) is 0. The number of aryl methyl sites for hydroxylation is 2. The Bertz CT molecular complexity index is 809. The van der Waals surface area contributed by atoms with Crippen molar-refractivity contribution in [1.29, 1.82) is 0 Å². The first-order valence-electron chi connectivity index (χ1n) is 11.2. The molecule has 1 aliphatic carbocycles. The Balaban J connectivity index is 1.54. The fourth-order valence-electron chi connectivity index (χ4n) is 3.98. The molecule has 2 aromatic rings. The largest absolute Gasteiger partial charge is 0.0723 e. The Morgan fingerprint density at radius 3 is 2.14 bits per heavy atom. The fraction of sp³-hybridized carbons (Fsp3) is 0.429. The molecule has 0 aromatic heterocycles. The van der Waals surface area contributed by atoms with Gasteiger partial charge >= 0.3 is 0 Å². The van der Waals surface area contributed by atoms with Gasteiger partial charge in [0.25, 0.3) is 0 Å². The van der Waals surface area contributed by atoms with E-state index in [9.17, 15) is 0 Å². The van der Waals surface area contributed by atoms with Crippen molar-refractivity contribution in [3.8, 4) is 11.8 Å². The molecule has 1 atom stereocenters. The van der Waals surface area contributed by atoms with E-state index in [0.29, 0.717) is 5.92 Å². The molecular formula is C28H34. The van der Waals surface area contributed by atoms with Crippen LogP contribution in [0, 0.1) is 11.8 Å². The summed E-state index contributed by atoms with van der Waals surface area (Å²) in [7, 11) is 0. The first kappa shape index (κ1) is 20.5. The van der Waals surface area contributed by atoms with Crippen molar-refractivity contribution < 1.29 is 0 Å². The van der Waals surface area contributed by atoms with E-state index in [-0.39, 0.29) is 0 Å². The van der Waals surface area contributed by atoms with Gasteiger partial charge in [0.15, 0.2) is 0 Å². The Hall–Kier alpha value is -2.26. The molecule has 0 spiro atoms. The molecule has 1 aliphatic rings. The quantitative estimate of drug-likeness (QED) is 0.347. The summed E-state index contributed by atoms with van der Waals surface area (Å²) < 4.78 is 0. The molecule has 2 aromatic carbocycles. The Kier molecular flexibility index (Phi) is 7.98. The van der Waals surface area contributed by atoms with Crippen LogP contribution in [-0.4, -0.2) is 0 Å². The van der Waals surface area contributed by atoms with Gasteiger partial charge in [-0.3, -0.25) is 0 Å². The van der Waals surface area contributed by atoms with Gasteiger partial charge in [0.1, 0.15) is 0 Å². The van der Waals surface area contributed by atoms with Crippen molar-refractivity contribution in [3.63, 3.8) is 0 Å². The highest BCUT2D eigenvalue weighted by Gasteiger charge is 2.15. The molecule has 28 heavy (non-hydrogen) atoms. The molecular weight excluding hydrogens is 336 g/mol. The number of allylic oxidation sites excluding steroid dienone is 2. The van der Waals surface area contributed by atoms with E-state index in [2.05, 4.69) is 80.3 Å². The van der Waals surface area contributed by atoms with E-state index in [1.807, 2.05) is 0 Å². The minimum Gasteiger partial charge on any atom is -0.0723 e. The van der Waals surface area contributed by atoms with Crippen molar-refractivity contribution in [2.75, 3.05) is 0 Å². The highest BCUT2D eigenvalue weighted by molar-refractivity contribution is 5.42. The second-order valence-corrected chi connectivity index (χ2v) is 8.10. The second-order valence-electron chi connectivity index (χ2n) is 8.10. The number of benzene rings is 2. The van der Waals surface area contributed by atoms with Crippen LogP contribution in [0.15, 0.2) is 60.2 Å². The average Bonchev–Trinajstić information content (AvgIpc) is 2.75. The molecule has 0 radical (unpaired) electrons. The minimum atomic E-state index is 0.656. The third-order valence-electron chi connectivity index (χ3n) is 5.79. The Labute approximate surface area is 172 Å². The molecule has 0 saturated carbocycles. The molecule has 1 unspecified atom stereocenters. The molecule has 0 aliphatic heterocycles. The predicted octanol–water partition coefficient (Wildman–Crippen LogP) is 7.62. The van der Waals surface area contributed by atoms with Crippen molar-refractivity contribution in [3.05, 3.63) is 82.4 Å². The van der Waals surface area contributed by atoms with Crippen LogP contribution in [-0.2, 0) is 12.8 Å². The maximum absolute atomic E-state index is 3.41. The maximum atomic E-state index is 3.41. The van der Waals surface area contributed by atoms with Crippen LogP contribution in [0.25, 0.3) is 0 Å². The molecule has 3 rings (SSSR count). The van der Waals surface area contributed by atoms with E-state index in [1.165, 1.54) is 60.8 Å². The lowest BCUT2D eigenvalue weighted by Gasteiger charge is -2.20. The molecule has 146 valence electrons. The molecule has 0 nitrogen and oxygen atoms in total. The van der Waals surface area contributed by atoms with Crippen LogP contribution < -0.4 is 0 Å². The summed E-state index contributed by atoms with van der Waals surface area (Å²) in [6.07, 6.45) is 13.3. The second kappa shape index (κ2) is 10.9. The number of unbranched alkanes of at least 4 members (excludes halogenated alkanes) is 2. The van der Waals surface area contributed by atoms with Crippen LogP contribution in [0.2, 0.25) is 0 Å². The Morgan fingerprint density at radius 1 is 0.786 bits per heavy atom. The lowest BCUT2D eigenvalue weighted by Crippen LogP contribution is -2.04. The fourth-order valence-corrected chi connectivity index (χ4v) is 3.98. The van der Waals surface area contributed by atoms with E-state index < -0.39 is 0 Å².